The van der Waals surface area contributed by atoms with Gasteiger partial charge in [0, 0.05) is 12.2 Å². The van der Waals surface area contributed by atoms with Gasteiger partial charge in [0.1, 0.15) is 0 Å². The number of nitrogen functional groups attached to an aromatic ring is 1. The van der Waals surface area contributed by atoms with E-state index in [0.29, 0.717) is 24.1 Å². The summed E-state index contributed by atoms with van der Waals surface area (Å²) in [6.45, 7) is 4.58. The number of rotatable bonds is 4. The van der Waals surface area contributed by atoms with Crippen LogP contribution < -0.4 is 10.5 Å². The van der Waals surface area contributed by atoms with Crippen LogP contribution in [0.4, 0.5) is 5.69 Å². The van der Waals surface area contributed by atoms with Gasteiger partial charge in [0.25, 0.3) is 0 Å². The third-order valence-electron chi connectivity index (χ3n) is 4.21. The Morgan fingerprint density at radius 1 is 1.25 bits per heavy atom. The molecule has 2 unspecified atom stereocenters. The lowest BCUT2D eigenvalue weighted by Gasteiger charge is -2.28. The molecule has 0 bridgehead atoms. The molecule has 1 aliphatic rings. The summed E-state index contributed by atoms with van der Waals surface area (Å²) in [5.74, 6) is 1.04. The van der Waals surface area contributed by atoms with Gasteiger partial charge in [-0.3, -0.25) is 0 Å². The van der Waals surface area contributed by atoms with Crippen LogP contribution in [-0.4, -0.2) is 15.0 Å². The summed E-state index contributed by atoms with van der Waals surface area (Å²) in [6.07, 6.45) is 4.77. The van der Waals surface area contributed by atoms with E-state index >= 15 is 0 Å². The number of nitrogens with two attached hydrogens (primary N) is 1. The molecule has 1 fully saturated rings. The molecule has 0 spiro atoms. The summed E-state index contributed by atoms with van der Waals surface area (Å²) >= 11 is 0. The Morgan fingerprint density at radius 2 is 1.95 bits per heavy atom. The lowest BCUT2D eigenvalue weighted by Crippen LogP contribution is -2.33. The second kappa shape index (κ2) is 6.14. The fourth-order valence-corrected chi connectivity index (χ4v) is 4.16. The number of anilines is 1. The molecule has 1 aliphatic carbocycles. The van der Waals surface area contributed by atoms with Crippen molar-refractivity contribution in [2.75, 3.05) is 12.3 Å². The van der Waals surface area contributed by atoms with Gasteiger partial charge in [-0.25, -0.2) is 13.1 Å². The summed E-state index contributed by atoms with van der Waals surface area (Å²) in [7, 11) is -3.46. The van der Waals surface area contributed by atoms with E-state index in [1.165, 1.54) is 25.3 Å². The monoisotopic (exact) mass is 296 g/mol. The highest BCUT2D eigenvalue weighted by molar-refractivity contribution is 7.89. The van der Waals surface area contributed by atoms with E-state index in [1.807, 2.05) is 6.92 Å². The topological polar surface area (TPSA) is 72.2 Å². The highest BCUT2D eigenvalue weighted by atomic mass is 32.2. The van der Waals surface area contributed by atoms with Gasteiger partial charge in [-0.15, -0.1) is 0 Å². The molecule has 1 aromatic rings. The number of benzene rings is 1. The highest BCUT2D eigenvalue weighted by Gasteiger charge is 2.23. The minimum Gasteiger partial charge on any atom is -0.399 e. The molecular weight excluding hydrogens is 272 g/mol. The molecule has 0 radical (unpaired) electrons. The van der Waals surface area contributed by atoms with Gasteiger partial charge in [-0.1, -0.05) is 26.2 Å². The van der Waals surface area contributed by atoms with Crippen molar-refractivity contribution < 1.29 is 8.42 Å². The van der Waals surface area contributed by atoms with Crippen LogP contribution in [0.2, 0.25) is 0 Å². The first kappa shape index (κ1) is 15.3. The second-order valence-electron chi connectivity index (χ2n) is 5.95. The molecule has 1 aromatic carbocycles. The van der Waals surface area contributed by atoms with Crippen LogP contribution in [0.1, 0.15) is 38.2 Å². The van der Waals surface area contributed by atoms with Crippen molar-refractivity contribution in [2.45, 2.75) is 44.4 Å². The number of aryl methyl sites for hydroxylation is 1. The van der Waals surface area contributed by atoms with Crippen molar-refractivity contribution in [1.29, 1.82) is 0 Å². The molecule has 3 N–H and O–H groups in total. The van der Waals surface area contributed by atoms with Crippen LogP contribution in [-0.2, 0) is 10.0 Å². The average Bonchev–Trinajstić information content (AvgIpc) is 2.37. The molecular formula is C15H24N2O2S. The Labute approximate surface area is 121 Å². The number of nitrogens with one attached hydrogen (secondary N) is 1. The molecule has 0 saturated heterocycles. The lowest BCUT2D eigenvalue weighted by atomic mass is 9.81. The number of sulfonamides is 1. The lowest BCUT2D eigenvalue weighted by molar-refractivity contribution is 0.257. The highest BCUT2D eigenvalue weighted by Crippen LogP contribution is 2.29. The summed E-state index contributed by atoms with van der Waals surface area (Å²) in [4.78, 5) is 0.262. The van der Waals surface area contributed by atoms with Crippen molar-refractivity contribution in [2.24, 2.45) is 11.8 Å². The number of hydrogen-bond acceptors (Lipinski definition) is 3. The van der Waals surface area contributed by atoms with Crippen molar-refractivity contribution in [3.05, 3.63) is 23.8 Å². The predicted molar refractivity (Wildman–Crippen MR) is 81.9 cm³/mol. The summed E-state index contributed by atoms with van der Waals surface area (Å²) < 4.78 is 27.4. The van der Waals surface area contributed by atoms with Gasteiger partial charge in [0.2, 0.25) is 10.0 Å². The van der Waals surface area contributed by atoms with E-state index < -0.39 is 10.0 Å². The third-order valence-corrected chi connectivity index (χ3v) is 5.61. The van der Waals surface area contributed by atoms with Crippen molar-refractivity contribution in [3.63, 3.8) is 0 Å². The molecule has 4 nitrogen and oxygen atoms in total. The van der Waals surface area contributed by atoms with Crippen LogP contribution >= 0.6 is 0 Å². The van der Waals surface area contributed by atoms with Crippen LogP contribution in [0.5, 0.6) is 0 Å². The van der Waals surface area contributed by atoms with E-state index in [1.54, 1.807) is 12.1 Å². The predicted octanol–water partition coefficient (Wildman–Crippen LogP) is 2.68. The minimum atomic E-state index is -3.46. The zero-order chi connectivity index (χ0) is 14.8. The maximum absolute atomic E-state index is 12.3. The van der Waals surface area contributed by atoms with Crippen molar-refractivity contribution in [3.8, 4) is 0 Å². The number of hydrogen-bond donors (Lipinski definition) is 2. The van der Waals surface area contributed by atoms with Gasteiger partial charge >= 0.3 is 0 Å². The Morgan fingerprint density at radius 3 is 2.60 bits per heavy atom. The van der Waals surface area contributed by atoms with Crippen molar-refractivity contribution >= 4 is 15.7 Å². The zero-order valence-corrected chi connectivity index (χ0v) is 13.0. The van der Waals surface area contributed by atoms with E-state index in [2.05, 4.69) is 11.6 Å². The van der Waals surface area contributed by atoms with Crippen LogP contribution in [0.25, 0.3) is 0 Å². The van der Waals surface area contributed by atoms with Gasteiger partial charge in [0.05, 0.1) is 4.90 Å². The van der Waals surface area contributed by atoms with Gasteiger partial charge < -0.3 is 5.73 Å². The Balaban J connectivity index is 2.07. The molecule has 112 valence electrons. The van der Waals surface area contributed by atoms with Crippen LogP contribution in [0.15, 0.2) is 23.1 Å². The fourth-order valence-electron chi connectivity index (χ4n) is 2.93. The summed E-state index contributed by atoms with van der Waals surface area (Å²) in [5, 5.41) is 0. The molecule has 2 atom stereocenters. The third kappa shape index (κ3) is 3.73. The normalized spacial score (nSPS) is 23.7. The van der Waals surface area contributed by atoms with E-state index in [9.17, 15) is 8.42 Å². The maximum atomic E-state index is 12.3. The minimum absolute atomic E-state index is 0.262. The molecule has 2 rings (SSSR count). The Bertz CT molecular complexity index is 549. The first-order chi connectivity index (χ1) is 9.38. The van der Waals surface area contributed by atoms with E-state index in [4.69, 9.17) is 5.73 Å². The van der Waals surface area contributed by atoms with E-state index in [0.717, 1.165) is 12.0 Å². The SMILES string of the molecule is Cc1cc(N)cc(S(=O)(=O)NCC2CCCCC2C)c1. The molecule has 20 heavy (non-hydrogen) atoms. The van der Waals surface area contributed by atoms with Crippen LogP contribution in [0.3, 0.4) is 0 Å². The largest absolute Gasteiger partial charge is 0.399 e. The molecule has 5 heteroatoms. The van der Waals surface area contributed by atoms with Gasteiger partial charge in [-0.2, -0.15) is 0 Å². The first-order valence-corrected chi connectivity index (χ1v) is 8.73. The molecule has 0 amide bonds. The molecule has 0 aromatic heterocycles. The standard InChI is InChI=1S/C15H24N2O2S/c1-11-7-14(16)9-15(8-11)20(18,19)17-10-13-6-4-3-5-12(13)2/h7-9,12-13,17H,3-6,10,16H2,1-2H3. The fraction of sp³-hybridized carbons (Fsp3) is 0.600. The maximum Gasteiger partial charge on any atom is 0.240 e. The summed E-state index contributed by atoms with van der Waals surface area (Å²) in [6, 6.07) is 4.94. The average molecular weight is 296 g/mol. The van der Waals surface area contributed by atoms with Crippen molar-refractivity contribution in [1.82, 2.24) is 4.72 Å². The Hall–Kier alpha value is -1.07. The zero-order valence-electron chi connectivity index (χ0n) is 12.2. The van der Waals surface area contributed by atoms with Gasteiger partial charge in [0.15, 0.2) is 0 Å². The molecule has 0 aliphatic heterocycles. The Kier molecular flexibility index (Phi) is 4.70. The molecule has 0 heterocycles. The summed E-state index contributed by atoms with van der Waals surface area (Å²) in [5.41, 5.74) is 7.07. The van der Waals surface area contributed by atoms with E-state index in [-0.39, 0.29) is 4.90 Å². The molecule has 1 saturated carbocycles. The smallest absolute Gasteiger partial charge is 0.240 e. The quantitative estimate of drug-likeness (QED) is 0.839. The second-order valence-corrected chi connectivity index (χ2v) is 7.72. The first-order valence-electron chi connectivity index (χ1n) is 7.25. The van der Waals surface area contributed by atoms with Crippen LogP contribution in [0, 0.1) is 18.8 Å². The van der Waals surface area contributed by atoms with Gasteiger partial charge in [-0.05, 0) is 48.9 Å².